The van der Waals surface area contributed by atoms with Crippen molar-refractivity contribution in [3.8, 4) is 0 Å². The first-order chi connectivity index (χ1) is 9.13. The maximum Gasteiger partial charge on any atom is 0.256 e. The van der Waals surface area contributed by atoms with Gasteiger partial charge in [-0.1, -0.05) is 33.6 Å². The van der Waals surface area contributed by atoms with E-state index in [1.165, 1.54) is 12.1 Å². The van der Waals surface area contributed by atoms with Crippen molar-refractivity contribution in [2.75, 3.05) is 18.4 Å². The highest BCUT2D eigenvalue weighted by atomic mass is 79.9. The SMILES string of the molecule is O=C(c1cccc(Cl)c1F)N1CCCC(CCBr)C1. The van der Waals surface area contributed by atoms with E-state index < -0.39 is 5.82 Å². The van der Waals surface area contributed by atoms with Crippen molar-refractivity contribution in [2.45, 2.75) is 19.3 Å². The van der Waals surface area contributed by atoms with Gasteiger partial charge in [0.15, 0.2) is 5.82 Å². The van der Waals surface area contributed by atoms with Crippen LogP contribution < -0.4 is 0 Å². The summed E-state index contributed by atoms with van der Waals surface area (Å²) < 4.78 is 13.9. The summed E-state index contributed by atoms with van der Waals surface area (Å²) in [5.74, 6) is -0.365. The predicted octanol–water partition coefficient (Wildman–Crippen LogP) is 4.12. The van der Waals surface area contributed by atoms with E-state index in [4.69, 9.17) is 11.6 Å². The van der Waals surface area contributed by atoms with Crippen LogP contribution in [0.2, 0.25) is 5.02 Å². The molecule has 1 aromatic rings. The Hall–Kier alpha value is -0.610. The Kier molecular flexibility index (Phi) is 5.22. The van der Waals surface area contributed by atoms with Crippen molar-refractivity contribution in [1.82, 2.24) is 4.90 Å². The molecular formula is C14H16BrClFNO. The lowest BCUT2D eigenvalue weighted by molar-refractivity contribution is 0.0667. The summed E-state index contributed by atoms with van der Waals surface area (Å²) in [5, 5.41) is 0.936. The lowest BCUT2D eigenvalue weighted by Gasteiger charge is -2.32. The van der Waals surface area contributed by atoms with E-state index in [9.17, 15) is 9.18 Å². The summed E-state index contributed by atoms with van der Waals surface area (Å²) >= 11 is 9.15. The van der Waals surface area contributed by atoms with Crippen LogP contribution in [0.3, 0.4) is 0 Å². The van der Waals surface area contributed by atoms with Crippen LogP contribution in [-0.2, 0) is 0 Å². The number of benzene rings is 1. The van der Waals surface area contributed by atoms with Crippen LogP contribution in [0.4, 0.5) is 4.39 Å². The second-order valence-electron chi connectivity index (χ2n) is 4.84. The van der Waals surface area contributed by atoms with E-state index in [2.05, 4.69) is 15.9 Å². The number of likely N-dealkylation sites (tertiary alicyclic amines) is 1. The van der Waals surface area contributed by atoms with Crippen molar-refractivity contribution >= 4 is 33.4 Å². The highest BCUT2D eigenvalue weighted by Gasteiger charge is 2.26. The van der Waals surface area contributed by atoms with Crippen LogP contribution in [-0.4, -0.2) is 29.2 Å². The zero-order valence-electron chi connectivity index (χ0n) is 10.5. The minimum absolute atomic E-state index is 0.000123. The molecule has 2 rings (SSSR count). The first-order valence-electron chi connectivity index (χ1n) is 6.42. The molecule has 1 amide bonds. The summed E-state index contributed by atoms with van der Waals surface area (Å²) in [6.07, 6.45) is 3.15. The lowest BCUT2D eigenvalue weighted by atomic mass is 9.95. The van der Waals surface area contributed by atoms with Gasteiger partial charge in [-0.05, 0) is 37.3 Å². The van der Waals surface area contributed by atoms with Crippen LogP contribution >= 0.6 is 27.5 Å². The molecular weight excluding hydrogens is 333 g/mol. The number of halogens is 3. The quantitative estimate of drug-likeness (QED) is 0.753. The van der Waals surface area contributed by atoms with Gasteiger partial charge in [0, 0.05) is 18.4 Å². The summed E-state index contributed by atoms with van der Waals surface area (Å²) in [6, 6.07) is 4.56. The lowest BCUT2D eigenvalue weighted by Crippen LogP contribution is -2.40. The maximum atomic E-state index is 13.9. The molecule has 1 aliphatic rings. The van der Waals surface area contributed by atoms with Crippen LogP contribution in [0.1, 0.15) is 29.6 Å². The molecule has 1 saturated heterocycles. The van der Waals surface area contributed by atoms with Gasteiger partial charge in [0.05, 0.1) is 10.6 Å². The molecule has 1 unspecified atom stereocenters. The van der Waals surface area contributed by atoms with E-state index >= 15 is 0 Å². The summed E-state index contributed by atoms with van der Waals surface area (Å²) in [6.45, 7) is 1.40. The maximum absolute atomic E-state index is 13.9. The predicted molar refractivity (Wildman–Crippen MR) is 78.4 cm³/mol. The van der Waals surface area contributed by atoms with Crippen LogP contribution in [0, 0.1) is 11.7 Å². The normalized spacial score (nSPS) is 19.5. The molecule has 0 aliphatic carbocycles. The molecule has 5 heteroatoms. The van der Waals surface area contributed by atoms with Gasteiger partial charge in [-0.25, -0.2) is 4.39 Å². The number of amides is 1. The van der Waals surface area contributed by atoms with Gasteiger partial charge in [-0.3, -0.25) is 4.79 Å². The third-order valence-electron chi connectivity index (χ3n) is 3.51. The molecule has 0 N–H and O–H groups in total. The minimum Gasteiger partial charge on any atom is -0.338 e. The molecule has 1 atom stereocenters. The minimum atomic E-state index is -0.614. The Bertz CT molecular complexity index is 467. The number of carbonyl (C=O) groups excluding carboxylic acids is 1. The fraction of sp³-hybridized carbons (Fsp3) is 0.500. The third-order valence-corrected chi connectivity index (χ3v) is 4.26. The summed E-state index contributed by atoms with van der Waals surface area (Å²) in [4.78, 5) is 14.1. The molecule has 0 spiro atoms. The number of hydrogen-bond acceptors (Lipinski definition) is 1. The number of rotatable bonds is 3. The fourth-order valence-electron chi connectivity index (χ4n) is 2.48. The van der Waals surface area contributed by atoms with Gasteiger partial charge in [0.25, 0.3) is 5.91 Å². The van der Waals surface area contributed by atoms with Crippen LogP contribution in [0.15, 0.2) is 18.2 Å². The van der Waals surface area contributed by atoms with Gasteiger partial charge in [-0.15, -0.1) is 0 Å². The molecule has 19 heavy (non-hydrogen) atoms. The number of piperidine rings is 1. The van der Waals surface area contributed by atoms with Crippen molar-refractivity contribution in [3.63, 3.8) is 0 Å². The Morgan fingerprint density at radius 3 is 3.05 bits per heavy atom. The largest absolute Gasteiger partial charge is 0.338 e. The topological polar surface area (TPSA) is 20.3 Å². The smallest absolute Gasteiger partial charge is 0.256 e. The number of nitrogens with zero attached hydrogens (tertiary/aromatic N) is 1. The molecule has 1 heterocycles. The summed E-state index contributed by atoms with van der Waals surface area (Å²) in [7, 11) is 0. The second-order valence-corrected chi connectivity index (χ2v) is 6.04. The Morgan fingerprint density at radius 1 is 1.53 bits per heavy atom. The first kappa shape index (κ1) is 14.8. The zero-order valence-corrected chi connectivity index (χ0v) is 12.9. The highest BCUT2D eigenvalue weighted by molar-refractivity contribution is 9.09. The first-order valence-corrected chi connectivity index (χ1v) is 7.92. The highest BCUT2D eigenvalue weighted by Crippen LogP contribution is 2.24. The molecule has 1 fully saturated rings. The van der Waals surface area contributed by atoms with Crippen LogP contribution in [0.25, 0.3) is 0 Å². The van der Waals surface area contributed by atoms with Crippen molar-refractivity contribution in [3.05, 3.63) is 34.6 Å². The average molecular weight is 349 g/mol. The molecule has 0 aromatic heterocycles. The van der Waals surface area contributed by atoms with E-state index in [0.29, 0.717) is 19.0 Å². The number of carbonyl (C=O) groups is 1. The van der Waals surface area contributed by atoms with Gasteiger partial charge in [-0.2, -0.15) is 0 Å². The Labute approximate surface area is 126 Å². The molecule has 0 radical (unpaired) electrons. The van der Waals surface area contributed by atoms with Gasteiger partial charge in [0.2, 0.25) is 0 Å². The van der Waals surface area contributed by atoms with E-state index in [1.807, 2.05) is 0 Å². The van der Waals surface area contributed by atoms with Gasteiger partial charge < -0.3 is 4.90 Å². The third kappa shape index (κ3) is 3.48. The van der Waals surface area contributed by atoms with E-state index in [0.717, 1.165) is 24.6 Å². The van der Waals surface area contributed by atoms with Gasteiger partial charge >= 0.3 is 0 Å². The van der Waals surface area contributed by atoms with E-state index in [1.54, 1.807) is 11.0 Å². The number of alkyl halides is 1. The zero-order chi connectivity index (χ0) is 13.8. The summed E-state index contributed by atoms with van der Waals surface area (Å²) in [5.41, 5.74) is 0.0759. The molecule has 1 aromatic carbocycles. The Morgan fingerprint density at radius 2 is 2.32 bits per heavy atom. The molecule has 1 aliphatic heterocycles. The Balaban J connectivity index is 2.12. The average Bonchev–Trinajstić information content (AvgIpc) is 2.42. The monoisotopic (exact) mass is 347 g/mol. The molecule has 0 saturated carbocycles. The van der Waals surface area contributed by atoms with Crippen LogP contribution in [0.5, 0.6) is 0 Å². The molecule has 0 bridgehead atoms. The van der Waals surface area contributed by atoms with Crippen molar-refractivity contribution in [1.29, 1.82) is 0 Å². The van der Waals surface area contributed by atoms with E-state index in [-0.39, 0.29) is 16.5 Å². The number of hydrogen-bond donors (Lipinski definition) is 0. The van der Waals surface area contributed by atoms with Crippen molar-refractivity contribution < 1.29 is 9.18 Å². The molecule has 104 valence electrons. The standard InChI is InChI=1S/C14H16BrClFNO/c15-7-6-10-3-2-8-18(9-10)14(19)11-4-1-5-12(16)13(11)17/h1,4-5,10H,2-3,6-9H2. The van der Waals surface area contributed by atoms with Gasteiger partial charge in [0.1, 0.15) is 0 Å². The van der Waals surface area contributed by atoms with Crippen molar-refractivity contribution in [2.24, 2.45) is 5.92 Å². The fourth-order valence-corrected chi connectivity index (χ4v) is 3.30. The second kappa shape index (κ2) is 6.71. The molecule has 2 nitrogen and oxygen atoms in total.